The molecule has 0 saturated carbocycles. The van der Waals surface area contributed by atoms with Crippen molar-refractivity contribution in [3.8, 4) is 5.75 Å². The van der Waals surface area contributed by atoms with Crippen LogP contribution < -0.4 is 4.74 Å². The summed E-state index contributed by atoms with van der Waals surface area (Å²) in [7, 11) is 1.18. The van der Waals surface area contributed by atoms with Gasteiger partial charge in [0.1, 0.15) is 0 Å². The van der Waals surface area contributed by atoms with Gasteiger partial charge in [-0.1, -0.05) is 27.5 Å². The van der Waals surface area contributed by atoms with E-state index < -0.39 is 17.5 Å². The molecular formula is C9H7BrClNO5. The molecule has 0 heterocycles. The number of ether oxygens (including phenoxy) is 2. The van der Waals surface area contributed by atoms with Crippen molar-refractivity contribution in [1.29, 1.82) is 0 Å². The van der Waals surface area contributed by atoms with Gasteiger partial charge in [-0.25, -0.2) is 4.79 Å². The normalized spacial score (nSPS) is 9.82. The van der Waals surface area contributed by atoms with Gasteiger partial charge in [0.05, 0.1) is 17.1 Å². The van der Waals surface area contributed by atoms with Gasteiger partial charge in [-0.05, 0) is 6.07 Å². The molecule has 0 aliphatic heterocycles. The number of nitro groups is 1. The molecule has 17 heavy (non-hydrogen) atoms. The molecule has 6 nitrogen and oxygen atoms in total. The second-order valence-corrected chi connectivity index (χ2v) is 4.18. The minimum atomic E-state index is -0.654. The monoisotopic (exact) mass is 323 g/mol. The van der Waals surface area contributed by atoms with Crippen molar-refractivity contribution in [1.82, 2.24) is 0 Å². The molecule has 0 saturated heterocycles. The fourth-order valence-corrected chi connectivity index (χ4v) is 1.86. The van der Waals surface area contributed by atoms with Crippen LogP contribution in [0.4, 0.5) is 5.69 Å². The minimum absolute atomic E-state index is 0.0370. The second-order valence-electron chi connectivity index (χ2n) is 2.86. The molecule has 92 valence electrons. The molecule has 8 heteroatoms. The van der Waals surface area contributed by atoms with Gasteiger partial charge in [0.2, 0.25) is 5.75 Å². The molecule has 0 fully saturated rings. The fraction of sp³-hybridized carbons (Fsp3) is 0.222. The summed E-state index contributed by atoms with van der Waals surface area (Å²) in [6.07, 6.45) is 0. The van der Waals surface area contributed by atoms with Crippen LogP contribution >= 0.6 is 27.5 Å². The van der Waals surface area contributed by atoms with Crippen LogP contribution in [0.1, 0.15) is 0 Å². The lowest BCUT2D eigenvalue weighted by molar-refractivity contribution is -0.385. The topological polar surface area (TPSA) is 78.7 Å². The van der Waals surface area contributed by atoms with Crippen LogP contribution in [0.3, 0.4) is 0 Å². The van der Waals surface area contributed by atoms with E-state index >= 15 is 0 Å². The smallest absolute Gasteiger partial charge is 0.343 e. The molecule has 0 aliphatic carbocycles. The molecule has 0 spiro atoms. The first-order valence-corrected chi connectivity index (χ1v) is 5.46. The Bertz CT molecular complexity index is 465. The average Bonchev–Trinajstić information content (AvgIpc) is 2.26. The number of methoxy groups -OCH3 is 1. The highest BCUT2D eigenvalue weighted by molar-refractivity contribution is 9.10. The fourth-order valence-electron chi connectivity index (χ4n) is 1.02. The summed E-state index contributed by atoms with van der Waals surface area (Å²) in [5.74, 6) is -0.816. The Hall–Kier alpha value is -1.34. The summed E-state index contributed by atoms with van der Waals surface area (Å²) in [5, 5.41) is 10.8. The summed E-state index contributed by atoms with van der Waals surface area (Å²) in [6.45, 7) is -0.446. The number of carbonyl (C=O) groups is 1. The largest absolute Gasteiger partial charge is 0.474 e. The lowest BCUT2D eigenvalue weighted by atomic mass is 10.3. The van der Waals surface area contributed by atoms with Crippen molar-refractivity contribution in [2.24, 2.45) is 0 Å². The molecule has 0 amide bonds. The van der Waals surface area contributed by atoms with E-state index in [9.17, 15) is 14.9 Å². The molecule has 0 aromatic heterocycles. The predicted molar refractivity (Wildman–Crippen MR) is 63.3 cm³/mol. The van der Waals surface area contributed by atoms with Crippen LogP contribution in [-0.4, -0.2) is 24.6 Å². The number of hydrogen-bond donors (Lipinski definition) is 0. The Kier molecular flexibility index (Phi) is 4.71. The average molecular weight is 325 g/mol. The van der Waals surface area contributed by atoms with Crippen molar-refractivity contribution < 1.29 is 19.2 Å². The molecule has 1 aromatic rings. The number of halogens is 2. The van der Waals surface area contributed by atoms with Gasteiger partial charge in [-0.15, -0.1) is 0 Å². The third kappa shape index (κ3) is 3.57. The van der Waals surface area contributed by atoms with Crippen molar-refractivity contribution in [2.45, 2.75) is 0 Å². The first kappa shape index (κ1) is 13.7. The summed E-state index contributed by atoms with van der Waals surface area (Å²) in [4.78, 5) is 21.0. The summed E-state index contributed by atoms with van der Waals surface area (Å²) in [5.41, 5.74) is -0.326. The molecule has 1 aromatic carbocycles. The van der Waals surface area contributed by atoms with Crippen LogP contribution in [0.5, 0.6) is 5.75 Å². The van der Waals surface area contributed by atoms with Crippen molar-refractivity contribution in [3.05, 3.63) is 31.7 Å². The summed E-state index contributed by atoms with van der Waals surface area (Å²) in [6, 6.07) is 2.67. The van der Waals surface area contributed by atoms with Crippen LogP contribution in [-0.2, 0) is 9.53 Å². The number of hydrogen-bond acceptors (Lipinski definition) is 5. The number of rotatable bonds is 4. The zero-order valence-electron chi connectivity index (χ0n) is 8.61. The lowest BCUT2D eigenvalue weighted by Gasteiger charge is -2.07. The lowest BCUT2D eigenvalue weighted by Crippen LogP contribution is -2.13. The minimum Gasteiger partial charge on any atom is -0.474 e. The standard InChI is InChI=1S/C9H7BrClNO5/c1-16-8(13)4-17-9-6(11)2-5(10)3-7(9)12(14)15/h2-3H,4H2,1H3. The van der Waals surface area contributed by atoms with E-state index in [4.69, 9.17) is 16.3 Å². The molecule has 0 atom stereocenters. The highest BCUT2D eigenvalue weighted by Gasteiger charge is 2.21. The number of esters is 1. The van der Waals surface area contributed by atoms with E-state index in [1.54, 1.807) is 0 Å². The van der Waals surface area contributed by atoms with Crippen molar-refractivity contribution >= 4 is 39.2 Å². The molecule has 1 rings (SSSR count). The van der Waals surface area contributed by atoms with E-state index in [2.05, 4.69) is 20.7 Å². The number of carbonyl (C=O) groups excluding carboxylic acids is 1. The second kappa shape index (κ2) is 5.83. The Labute approximate surface area is 110 Å². The van der Waals surface area contributed by atoms with Gasteiger partial charge >= 0.3 is 11.7 Å². The van der Waals surface area contributed by atoms with Gasteiger partial charge in [-0.2, -0.15) is 0 Å². The zero-order chi connectivity index (χ0) is 13.0. The first-order chi connectivity index (χ1) is 7.95. The third-order valence-corrected chi connectivity index (χ3v) is 2.49. The Morgan fingerprint density at radius 2 is 2.24 bits per heavy atom. The molecule has 0 radical (unpaired) electrons. The molecular weight excluding hydrogens is 317 g/mol. The Morgan fingerprint density at radius 1 is 1.59 bits per heavy atom. The van der Waals surface area contributed by atoms with Gasteiger partial charge in [-0.3, -0.25) is 10.1 Å². The maximum atomic E-state index is 10.9. The van der Waals surface area contributed by atoms with Crippen molar-refractivity contribution in [3.63, 3.8) is 0 Å². The van der Waals surface area contributed by atoms with Gasteiger partial charge < -0.3 is 9.47 Å². The summed E-state index contributed by atoms with van der Waals surface area (Å²) < 4.78 is 9.76. The van der Waals surface area contributed by atoms with E-state index in [-0.39, 0.29) is 16.5 Å². The van der Waals surface area contributed by atoms with Gasteiger partial charge in [0.25, 0.3) is 0 Å². The van der Waals surface area contributed by atoms with E-state index in [0.717, 1.165) is 0 Å². The van der Waals surface area contributed by atoms with E-state index in [1.165, 1.54) is 19.2 Å². The van der Waals surface area contributed by atoms with Gasteiger partial charge in [0.15, 0.2) is 6.61 Å². The number of nitro benzene ring substituents is 1. The Balaban J connectivity index is 3.04. The summed E-state index contributed by atoms with van der Waals surface area (Å²) >= 11 is 8.87. The maximum Gasteiger partial charge on any atom is 0.343 e. The number of benzene rings is 1. The van der Waals surface area contributed by atoms with Crippen LogP contribution in [0, 0.1) is 10.1 Å². The molecule has 0 bridgehead atoms. The third-order valence-electron chi connectivity index (χ3n) is 1.75. The quantitative estimate of drug-likeness (QED) is 0.483. The molecule has 0 N–H and O–H groups in total. The molecule has 0 unspecified atom stereocenters. The molecule has 0 aliphatic rings. The predicted octanol–water partition coefficient (Wildman–Crippen LogP) is 2.56. The SMILES string of the molecule is COC(=O)COc1c(Cl)cc(Br)cc1[N+](=O)[O-]. The Morgan fingerprint density at radius 3 is 2.76 bits per heavy atom. The first-order valence-electron chi connectivity index (χ1n) is 4.28. The van der Waals surface area contributed by atoms with E-state index in [1.807, 2.05) is 0 Å². The van der Waals surface area contributed by atoms with Crippen LogP contribution in [0.2, 0.25) is 5.02 Å². The van der Waals surface area contributed by atoms with Gasteiger partial charge in [0, 0.05) is 10.5 Å². The van der Waals surface area contributed by atoms with Crippen LogP contribution in [0.15, 0.2) is 16.6 Å². The van der Waals surface area contributed by atoms with Crippen molar-refractivity contribution in [2.75, 3.05) is 13.7 Å². The van der Waals surface area contributed by atoms with E-state index in [0.29, 0.717) is 4.47 Å². The zero-order valence-corrected chi connectivity index (χ0v) is 10.9. The highest BCUT2D eigenvalue weighted by atomic mass is 79.9. The maximum absolute atomic E-state index is 10.9. The highest BCUT2D eigenvalue weighted by Crippen LogP contribution is 2.37. The van der Waals surface area contributed by atoms with Crippen LogP contribution in [0.25, 0.3) is 0 Å². The number of nitrogens with zero attached hydrogens (tertiary/aromatic N) is 1.